The maximum Gasteiger partial charge on any atom is 0.248 e. The molecule has 0 aliphatic rings. The summed E-state index contributed by atoms with van der Waals surface area (Å²) in [5.41, 5.74) is 0.982. The minimum atomic E-state index is -2.50. The van der Waals surface area contributed by atoms with Crippen LogP contribution in [0.25, 0.3) is 0 Å². The number of hydrogen-bond donors (Lipinski definition) is 0. The molecule has 13 heavy (non-hydrogen) atoms. The third-order valence-corrected chi connectivity index (χ3v) is 2.14. The smallest absolute Gasteiger partial charge is 0.207 e. The summed E-state index contributed by atoms with van der Waals surface area (Å²) in [6, 6.07) is 9.40. The van der Waals surface area contributed by atoms with Crippen LogP contribution in [0.2, 0.25) is 0 Å². The first-order chi connectivity index (χ1) is 6.14. The van der Waals surface area contributed by atoms with Crippen LogP contribution in [0, 0.1) is 0 Å². The lowest BCUT2D eigenvalue weighted by molar-refractivity contribution is -0.0110. The Hall–Kier alpha value is -0.920. The van der Waals surface area contributed by atoms with Gasteiger partial charge in [-0.1, -0.05) is 37.3 Å². The fourth-order valence-electron chi connectivity index (χ4n) is 1.15. The molecule has 0 fully saturated rings. The van der Waals surface area contributed by atoms with Gasteiger partial charge in [-0.3, -0.25) is 0 Å². The Morgan fingerprint density at radius 1 is 1.15 bits per heavy atom. The Kier molecular flexibility index (Phi) is 3.40. The highest BCUT2D eigenvalue weighted by Gasteiger charge is 2.25. The van der Waals surface area contributed by atoms with Crippen molar-refractivity contribution in [2.24, 2.45) is 0 Å². The summed E-state index contributed by atoms with van der Waals surface area (Å²) in [7, 11) is 0. The highest BCUT2D eigenvalue weighted by atomic mass is 19.3. The van der Waals surface area contributed by atoms with Gasteiger partial charge in [-0.05, 0) is 12.0 Å². The summed E-state index contributed by atoms with van der Waals surface area (Å²) in [5.74, 6) is -2.50. The highest BCUT2D eigenvalue weighted by Crippen LogP contribution is 2.24. The summed E-state index contributed by atoms with van der Waals surface area (Å²) in [6.45, 7) is 1.52. The average Bonchev–Trinajstić information content (AvgIpc) is 2.17. The summed E-state index contributed by atoms with van der Waals surface area (Å²) in [6.07, 6.45) is 0.342. The van der Waals surface area contributed by atoms with Crippen molar-refractivity contribution in [1.29, 1.82) is 0 Å². The van der Waals surface area contributed by atoms with Crippen LogP contribution in [-0.4, -0.2) is 5.92 Å². The average molecular weight is 184 g/mol. The SMILES string of the molecule is CCC(F)(F)CCc1ccccc1. The number of alkyl halides is 2. The van der Waals surface area contributed by atoms with Gasteiger partial charge in [0.15, 0.2) is 0 Å². The molecule has 1 rings (SSSR count). The topological polar surface area (TPSA) is 0 Å². The first-order valence-electron chi connectivity index (χ1n) is 4.56. The van der Waals surface area contributed by atoms with Crippen LogP contribution in [0.4, 0.5) is 8.78 Å². The lowest BCUT2D eigenvalue weighted by Gasteiger charge is -2.13. The molecule has 0 spiro atoms. The minimum Gasteiger partial charge on any atom is -0.207 e. The van der Waals surface area contributed by atoms with Gasteiger partial charge in [-0.2, -0.15) is 0 Å². The van der Waals surface area contributed by atoms with E-state index in [1.807, 2.05) is 30.3 Å². The second kappa shape index (κ2) is 4.35. The van der Waals surface area contributed by atoms with E-state index in [2.05, 4.69) is 0 Å². The van der Waals surface area contributed by atoms with E-state index in [1.165, 1.54) is 6.92 Å². The molecule has 0 aromatic heterocycles. The van der Waals surface area contributed by atoms with E-state index in [0.29, 0.717) is 6.42 Å². The van der Waals surface area contributed by atoms with Crippen molar-refractivity contribution >= 4 is 0 Å². The summed E-state index contributed by atoms with van der Waals surface area (Å²) in [5, 5.41) is 0. The third kappa shape index (κ3) is 3.53. The second-order valence-corrected chi connectivity index (χ2v) is 3.20. The predicted molar refractivity (Wildman–Crippen MR) is 50.0 cm³/mol. The molecule has 0 atom stereocenters. The summed E-state index contributed by atoms with van der Waals surface area (Å²) >= 11 is 0. The van der Waals surface area contributed by atoms with Crippen molar-refractivity contribution in [3.8, 4) is 0 Å². The number of rotatable bonds is 4. The van der Waals surface area contributed by atoms with Gasteiger partial charge >= 0.3 is 0 Å². The van der Waals surface area contributed by atoms with Gasteiger partial charge in [0.1, 0.15) is 0 Å². The molecule has 0 unspecified atom stereocenters. The molecule has 72 valence electrons. The van der Waals surface area contributed by atoms with Crippen LogP contribution in [-0.2, 0) is 6.42 Å². The van der Waals surface area contributed by atoms with E-state index in [1.54, 1.807) is 0 Å². The number of benzene rings is 1. The van der Waals surface area contributed by atoms with Gasteiger partial charge in [-0.25, -0.2) is 8.78 Å². The predicted octanol–water partition coefficient (Wildman–Crippen LogP) is 3.66. The normalized spacial score (nSPS) is 11.6. The third-order valence-electron chi connectivity index (χ3n) is 2.14. The van der Waals surface area contributed by atoms with Gasteiger partial charge in [0.25, 0.3) is 0 Å². The summed E-state index contributed by atoms with van der Waals surface area (Å²) in [4.78, 5) is 0. The lowest BCUT2D eigenvalue weighted by Crippen LogP contribution is -2.14. The molecule has 0 radical (unpaired) electrons. The van der Waals surface area contributed by atoms with Crippen LogP contribution in [0.3, 0.4) is 0 Å². The van der Waals surface area contributed by atoms with Crippen molar-refractivity contribution in [1.82, 2.24) is 0 Å². The molecule has 2 heteroatoms. The second-order valence-electron chi connectivity index (χ2n) is 3.20. The van der Waals surface area contributed by atoms with E-state index < -0.39 is 5.92 Å². The van der Waals surface area contributed by atoms with E-state index in [9.17, 15) is 8.78 Å². The Morgan fingerprint density at radius 2 is 1.77 bits per heavy atom. The van der Waals surface area contributed by atoms with Crippen molar-refractivity contribution in [2.45, 2.75) is 32.1 Å². The number of hydrogen-bond acceptors (Lipinski definition) is 0. The maximum atomic E-state index is 12.8. The summed E-state index contributed by atoms with van der Waals surface area (Å²) < 4.78 is 25.7. The zero-order valence-electron chi connectivity index (χ0n) is 7.76. The maximum absolute atomic E-state index is 12.8. The highest BCUT2D eigenvalue weighted by molar-refractivity contribution is 5.14. The molecule has 0 aliphatic heterocycles. The Labute approximate surface area is 77.6 Å². The monoisotopic (exact) mass is 184 g/mol. The molecular formula is C11H14F2. The van der Waals surface area contributed by atoms with Crippen molar-refractivity contribution in [3.63, 3.8) is 0 Å². The molecule has 0 N–H and O–H groups in total. The van der Waals surface area contributed by atoms with Gasteiger partial charge < -0.3 is 0 Å². The van der Waals surface area contributed by atoms with Crippen molar-refractivity contribution in [3.05, 3.63) is 35.9 Å². The van der Waals surface area contributed by atoms with Crippen LogP contribution >= 0.6 is 0 Å². The first-order valence-corrected chi connectivity index (χ1v) is 4.56. The molecule has 0 nitrogen and oxygen atoms in total. The first kappa shape index (κ1) is 10.2. The van der Waals surface area contributed by atoms with Gasteiger partial charge in [0, 0.05) is 12.8 Å². The molecule has 0 aliphatic carbocycles. The molecule has 0 saturated heterocycles. The standard InChI is InChI=1S/C11H14F2/c1-2-11(12,13)9-8-10-6-4-3-5-7-10/h3-7H,2,8-9H2,1H3. The molecule has 0 bridgehead atoms. The Bertz CT molecular complexity index is 242. The molecular weight excluding hydrogens is 170 g/mol. The fourth-order valence-corrected chi connectivity index (χ4v) is 1.15. The van der Waals surface area contributed by atoms with E-state index in [0.717, 1.165) is 5.56 Å². The zero-order chi connectivity index (χ0) is 9.73. The van der Waals surface area contributed by atoms with Gasteiger partial charge in [0.2, 0.25) is 5.92 Å². The molecule has 0 saturated carbocycles. The molecule has 0 heterocycles. The quantitative estimate of drug-likeness (QED) is 0.669. The molecule has 0 amide bonds. The van der Waals surface area contributed by atoms with E-state index in [-0.39, 0.29) is 12.8 Å². The Balaban J connectivity index is 2.44. The Morgan fingerprint density at radius 3 is 2.31 bits per heavy atom. The van der Waals surface area contributed by atoms with Crippen LogP contribution in [0.1, 0.15) is 25.3 Å². The van der Waals surface area contributed by atoms with Crippen LogP contribution in [0.15, 0.2) is 30.3 Å². The zero-order valence-corrected chi connectivity index (χ0v) is 7.76. The largest absolute Gasteiger partial charge is 0.248 e. The lowest BCUT2D eigenvalue weighted by atomic mass is 10.1. The molecule has 1 aromatic carbocycles. The van der Waals surface area contributed by atoms with Crippen molar-refractivity contribution < 1.29 is 8.78 Å². The minimum absolute atomic E-state index is 0.0481. The van der Waals surface area contributed by atoms with Crippen LogP contribution < -0.4 is 0 Å². The fraction of sp³-hybridized carbons (Fsp3) is 0.455. The molecule has 1 aromatic rings. The number of aryl methyl sites for hydroxylation is 1. The van der Waals surface area contributed by atoms with Gasteiger partial charge in [0.05, 0.1) is 0 Å². The van der Waals surface area contributed by atoms with Gasteiger partial charge in [-0.15, -0.1) is 0 Å². The van der Waals surface area contributed by atoms with Crippen LogP contribution in [0.5, 0.6) is 0 Å². The number of halogens is 2. The van der Waals surface area contributed by atoms with Crippen molar-refractivity contribution in [2.75, 3.05) is 0 Å². The van der Waals surface area contributed by atoms with E-state index in [4.69, 9.17) is 0 Å². The van der Waals surface area contributed by atoms with E-state index >= 15 is 0 Å².